The van der Waals surface area contributed by atoms with Crippen molar-refractivity contribution < 1.29 is 9.59 Å². The van der Waals surface area contributed by atoms with Crippen molar-refractivity contribution in [2.45, 2.75) is 39.0 Å². The molecule has 0 saturated heterocycles. The maximum Gasteiger partial charge on any atom is 0.290 e. The van der Waals surface area contributed by atoms with Gasteiger partial charge in [0.05, 0.1) is 0 Å². The Bertz CT molecular complexity index is 461. The highest BCUT2D eigenvalue weighted by atomic mass is 16.2. The van der Waals surface area contributed by atoms with Gasteiger partial charge < -0.3 is 5.32 Å². The summed E-state index contributed by atoms with van der Waals surface area (Å²) in [5, 5.41) is 9.10. The van der Waals surface area contributed by atoms with Crippen LogP contribution in [0.15, 0.2) is 0 Å². The molecule has 1 heterocycles. The zero-order valence-electron chi connectivity index (χ0n) is 10.4. The highest BCUT2D eigenvalue weighted by Crippen LogP contribution is 2.25. The predicted molar refractivity (Wildman–Crippen MR) is 66.0 cm³/mol. The van der Waals surface area contributed by atoms with Gasteiger partial charge in [0, 0.05) is 11.5 Å². The molecule has 1 aliphatic carbocycles. The van der Waals surface area contributed by atoms with Crippen molar-refractivity contribution in [1.29, 1.82) is 0 Å². The van der Waals surface area contributed by atoms with Gasteiger partial charge in [0.15, 0.2) is 5.69 Å². The fraction of sp³-hybridized carbons (Fsp3) is 0.583. The number of amides is 2. The van der Waals surface area contributed by atoms with Gasteiger partial charge in [-0.05, 0) is 19.8 Å². The Morgan fingerprint density at radius 1 is 1.33 bits per heavy atom. The second kappa shape index (κ2) is 5.20. The molecular formula is C12H17N4O2. The number of rotatable bonds is 3. The summed E-state index contributed by atoms with van der Waals surface area (Å²) in [5.41, 5.74) is 7.61. The lowest BCUT2D eigenvalue weighted by Gasteiger charge is -2.20. The van der Waals surface area contributed by atoms with E-state index in [-0.39, 0.29) is 17.5 Å². The molecule has 0 bridgehead atoms. The van der Waals surface area contributed by atoms with Crippen LogP contribution < -0.4 is 11.1 Å². The van der Waals surface area contributed by atoms with Gasteiger partial charge in [0.25, 0.3) is 5.91 Å². The average molecular weight is 249 g/mol. The molecule has 1 saturated carbocycles. The van der Waals surface area contributed by atoms with Gasteiger partial charge in [-0.25, -0.2) is 0 Å². The fourth-order valence-corrected chi connectivity index (χ4v) is 2.33. The van der Waals surface area contributed by atoms with Gasteiger partial charge in [0.1, 0.15) is 5.82 Å². The standard InChI is InChI=1S/C12H17N4O2/c1-7-9(10(13)17)15-16-11(7)14-12(18)8-5-3-2-4-6-8/h8,13H,2-6H2,1H3,(H2,14,15,16,18). The van der Waals surface area contributed by atoms with Crippen LogP contribution in [0.25, 0.3) is 0 Å². The molecule has 0 aromatic carbocycles. The molecule has 1 radical (unpaired) electrons. The molecule has 6 heteroatoms. The third-order valence-electron chi connectivity index (χ3n) is 3.45. The Morgan fingerprint density at radius 2 is 2.00 bits per heavy atom. The number of carbonyl (C=O) groups is 2. The molecule has 18 heavy (non-hydrogen) atoms. The van der Waals surface area contributed by atoms with E-state index in [0.29, 0.717) is 11.4 Å². The molecule has 2 amide bonds. The minimum absolute atomic E-state index is 0.0228. The Kier molecular flexibility index (Phi) is 3.64. The first kappa shape index (κ1) is 12.6. The summed E-state index contributed by atoms with van der Waals surface area (Å²) in [5.74, 6) is -0.384. The smallest absolute Gasteiger partial charge is 0.290 e. The molecule has 1 aromatic heterocycles. The third kappa shape index (κ3) is 2.52. The fourth-order valence-electron chi connectivity index (χ4n) is 2.33. The van der Waals surface area contributed by atoms with E-state index < -0.39 is 5.91 Å². The highest BCUT2D eigenvalue weighted by Gasteiger charge is 2.23. The number of hydrogen-bond acceptors (Lipinski definition) is 3. The van der Waals surface area contributed by atoms with Crippen LogP contribution in [0.1, 0.15) is 48.2 Å². The molecule has 2 rings (SSSR count). The van der Waals surface area contributed by atoms with E-state index in [1.807, 2.05) is 0 Å². The molecule has 0 atom stereocenters. The van der Waals surface area contributed by atoms with Gasteiger partial charge in [-0.2, -0.15) is 5.10 Å². The van der Waals surface area contributed by atoms with E-state index in [2.05, 4.69) is 15.5 Å². The lowest BCUT2D eigenvalue weighted by Crippen LogP contribution is -2.25. The summed E-state index contributed by atoms with van der Waals surface area (Å²) in [4.78, 5) is 22.9. The van der Waals surface area contributed by atoms with E-state index in [0.717, 1.165) is 25.7 Å². The summed E-state index contributed by atoms with van der Waals surface area (Å²) < 4.78 is 0. The Balaban J connectivity index is 2.04. The van der Waals surface area contributed by atoms with E-state index in [9.17, 15) is 9.59 Å². The van der Waals surface area contributed by atoms with E-state index in [1.54, 1.807) is 6.92 Å². The summed E-state index contributed by atoms with van der Waals surface area (Å²) >= 11 is 0. The zero-order chi connectivity index (χ0) is 13.1. The van der Waals surface area contributed by atoms with Gasteiger partial charge in [-0.1, -0.05) is 19.3 Å². The number of nitrogens with one attached hydrogen (secondary N) is 3. The SMILES string of the molecule is Cc1c(C([NH])=O)n[nH]c1NC(=O)C1CCCCC1. The molecule has 1 aromatic rings. The number of aromatic amines is 1. The Hall–Kier alpha value is -1.85. The van der Waals surface area contributed by atoms with Crippen molar-refractivity contribution in [2.24, 2.45) is 5.92 Å². The number of H-pyrrole nitrogens is 1. The molecule has 1 aliphatic rings. The molecule has 3 N–H and O–H groups in total. The summed E-state index contributed by atoms with van der Waals surface area (Å²) in [6, 6.07) is 0. The number of anilines is 1. The van der Waals surface area contributed by atoms with Gasteiger partial charge >= 0.3 is 0 Å². The largest absolute Gasteiger partial charge is 0.311 e. The van der Waals surface area contributed by atoms with Gasteiger partial charge in [-0.15, -0.1) is 0 Å². The lowest BCUT2D eigenvalue weighted by molar-refractivity contribution is -0.120. The first-order valence-electron chi connectivity index (χ1n) is 6.21. The van der Waals surface area contributed by atoms with Crippen molar-refractivity contribution in [3.8, 4) is 0 Å². The molecule has 1 fully saturated rings. The normalized spacial score (nSPS) is 16.5. The summed E-state index contributed by atoms with van der Waals surface area (Å²) in [6.07, 6.45) is 5.23. The monoisotopic (exact) mass is 249 g/mol. The van der Waals surface area contributed by atoms with Crippen LogP contribution in [0.4, 0.5) is 5.82 Å². The zero-order valence-corrected chi connectivity index (χ0v) is 10.4. The Labute approximate surface area is 105 Å². The minimum Gasteiger partial charge on any atom is -0.311 e. The van der Waals surface area contributed by atoms with E-state index >= 15 is 0 Å². The van der Waals surface area contributed by atoms with Gasteiger partial charge in [0.2, 0.25) is 5.91 Å². The van der Waals surface area contributed by atoms with Crippen LogP contribution in [-0.2, 0) is 4.79 Å². The molecule has 0 unspecified atom stereocenters. The second-order valence-electron chi connectivity index (χ2n) is 4.73. The lowest BCUT2D eigenvalue weighted by atomic mass is 9.88. The first-order valence-corrected chi connectivity index (χ1v) is 6.21. The quantitative estimate of drug-likeness (QED) is 0.852. The van der Waals surface area contributed by atoms with Crippen LogP contribution in [0.2, 0.25) is 0 Å². The van der Waals surface area contributed by atoms with Crippen LogP contribution >= 0.6 is 0 Å². The maximum atomic E-state index is 12.0. The van der Waals surface area contributed by atoms with E-state index in [1.165, 1.54) is 6.42 Å². The number of carbonyl (C=O) groups excluding carboxylic acids is 2. The van der Waals surface area contributed by atoms with Crippen molar-refractivity contribution in [3.63, 3.8) is 0 Å². The molecule has 97 valence electrons. The summed E-state index contributed by atoms with van der Waals surface area (Å²) in [6.45, 7) is 1.67. The molecule has 0 spiro atoms. The third-order valence-corrected chi connectivity index (χ3v) is 3.45. The maximum absolute atomic E-state index is 12.0. The average Bonchev–Trinajstić information content (AvgIpc) is 2.72. The molecule has 6 nitrogen and oxygen atoms in total. The number of hydrogen-bond donors (Lipinski definition) is 2. The van der Waals surface area contributed by atoms with Crippen LogP contribution in [0, 0.1) is 12.8 Å². The van der Waals surface area contributed by atoms with Crippen LogP contribution in [-0.4, -0.2) is 22.0 Å². The molecular weight excluding hydrogens is 232 g/mol. The van der Waals surface area contributed by atoms with E-state index in [4.69, 9.17) is 5.73 Å². The van der Waals surface area contributed by atoms with Crippen molar-refractivity contribution in [3.05, 3.63) is 11.3 Å². The predicted octanol–water partition coefficient (Wildman–Crippen LogP) is 1.66. The number of aromatic nitrogens is 2. The van der Waals surface area contributed by atoms with Crippen LogP contribution in [0.5, 0.6) is 0 Å². The number of nitrogens with zero attached hydrogens (tertiary/aromatic N) is 1. The first-order chi connectivity index (χ1) is 8.59. The van der Waals surface area contributed by atoms with Crippen LogP contribution in [0.3, 0.4) is 0 Å². The van der Waals surface area contributed by atoms with Crippen molar-refractivity contribution in [2.75, 3.05) is 5.32 Å². The minimum atomic E-state index is -0.845. The molecule has 0 aliphatic heterocycles. The van der Waals surface area contributed by atoms with Crippen molar-refractivity contribution in [1.82, 2.24) is 15.9 Å². The second-order valence-corrected chi connectivity index (χ2v) is 4.73. The Morgan fingerprint density at radius 3 is 2.56 bits per heavy atom. The van der Waals surface area contributed by atoms with Crippen molar-refractivity contribution >= 4 is 17.6 Å². The topological polar surface area (TPSA) is 98.7 Å². The van der Waals surface area contributed by atoms with Gasteiger partial charge in [-0.3, -0.25) is 20.4 Å². The highest BCUT2D eigenvalue weighted by molar-refractivity contribution is 5.96. The summed E-state index contributed by atoms with van der Waals surface area (Å²) in [7, 11) is 0.